The second-order valence-corrected chi connectivity index (χ2v) is 4.89. The summed E-state index contributed by atoms with van der Waals surface area (Å²) in [6.07, 6.45) is 0. The van der Waals surface area contributed by atoms with Crippen molar-refractivity contribution >= 4 is 52.0 Å². The number of benzene rings is 1. The van der Waals surface area contributed by atoms with Crippen molar-refractivity contribution in [2.75, 3.05) is 10.6 Å². The summed E-state index contributed by atoms with van der Waals surface area (Å²) in [5.41, 5.74) is 1.59. The first kappa shape index (κ1) is 13.1. The molecule has 0 radical (unpaired) electrons. The molecule has 4 nitrogen and oxygen atoms in total. The highest BCUT2D eigenvalue weighted by Crippen LogP contribution is 2.25. The van der Waals surface area contributed by atoms with Crippen LogP contribution in [0, 0.1) is 6.92 Å². The van der Waals surface area contributed by atoms with E-state index in [0.29, 0.717) is 26.7 Å². The van der Waals surface area contributed by atoms with Crippen molar-refractivity contribution in [1.82, 2.24) is 10.2 Å². The van der Waals surface area contributed by atoms with Crippen LogP contribution < -0.4 is 10.6 Å². The molecule has 0 amide bonds. The van der Waals surface area contributed by atoms with E-state index in [1.165, 1.54) is 0 Å². The second-order valence-electron chi connectivity index (χ2n) is 3.64. The zero-order valence-electron chi connectivity index (χ0n) is 9.42. The monoisotopic (exact) mass is 300 g/mol. The summed E-state index contributed by atoms with van der Waals surface area (Å²) in [5, 5.41) is 14.2. The van der Waals surface area contributed by atoms with E-state index >= 15 is 0 Å². The summed E-state index contributed by atoms with van der Waals surface area (Å²) in [5.74, 6) is 0.642. The largest absolute Gasteiger partial charge is 0.331 e. The molecule has 0 spiro atoms. The molecule has 0 aliphatic carbocycles. The average molecular weight is 301 g/mol. The second kappa shape index (κ2) is 5.56. The molecule has 2 aromatic rings. The number of halogens is 2. The van der Waals surface area contributed by atoms with Crippen LogP contribution in [-0.4, -0.2) is 15.3 Å². The van der Waals surface area contributed by atoms with Crippen molar-refractivity contribution < 1.29 is 0 Å². The molecular weight excluding hydrogens is 291 g/mol. The number of thiocarbonyl (C=S) groups is 1. The lowest BCUT2D eigenvalue weighted by atomic mass is 10.3. The number of hydrogen-bond acceptors (Lipinski definition) is 2. The van der Waals surface area contributed by atoms with Crippen molar-refractivity contribution in [2.24, 2.45) is 0 Å². The van der Waals surface area contributed by atoms with Gasteiger partial charge in [0.05, 0.1) is 10.7 Å². The average Bonchev–Trinajstić information content (AvgIpc) is 2.69. The smallest absolute Gasteiger partial charge is 0.176 e. The lowest BCUT2D eigenvalue weighted by Crippen LogP contribution is -2.19. The van der Waals surface area contributed by atoms with Gasteiger partial charge in [-0.15, -0.1) is 0 Å². The summed E-state index contributed by atoms with van der Waals surface area (Å²) < 4.78 is 0. The molecule has 18 heavy (non-hydrogen) atoms. The van der Waals surface area contributed by atoms with Crippen molar-refractivity contribution in [3.63, 3.8) is 0 Å². The number of nitrogens with zero attached hydrogens (tertiary/aromatic N) is 1. The van der Waals surface area contributed by atoms with Crippen molar-refractivity contribution in [3.05, 3.63) is 40.0 Å². The van der Waals surface area contributed by atoms with Gasteiger partial charge in [0, 0.05) is 16.8 Å². The molecule has 0 bridgehead atoms. The number of aromatic amines is 1. The van der Waals surface area contributed by atoms with E-state index in [2.05, 4.69) is 20.8 Å². The van der Waals surface area contributed by atoms with Gasteiger partial charge in [-0.1, -0.05) is 23.2 Å². The zero-order valence-corrected chi connectivity index (χ0v) is 11.7. The number of rotatable bonds is 2. The summed E-state index contributed by atoms with van der Waals surface area (Å²) >= 11 is 17.1. The molecule has 0 saturated heterocycles. The molecule has 0 aliphatic rings. The molecule has 2 rings (SSSR count). The minimum absolute atomic E-state index is 0.394. The van der Waals surface area contributed by atoms with Crippen LogP contribution in [0.15, 0.2) is 24.3 Å². The third-order valence-electron chi connectivity index (χ3n) is 2.12. The number of anilines is 2. The summed E-state index contributed by atoms with van der Waals surface area (Å²) in [7, 11) is 0. The quantitative estimate of drug-likeness (QED) is 0.738. The number of nitrogens with one attached hydrogen (secondary N) is 3. The van der Waals surface area contributed by atoms with Gasteiger partial charge >= 0.3 is 0 Å². The molecule has 0 aliphatic heterocycles. The van der Waals surface area contributed by atoms with Gasteiger partial charge in [-0.25, -0.2) is 0 Å². The molecule has 0 fully saturated rings. The summed E-state index contributed by atoms with van der Waals surface area (Å²) in [4.78, 5) is 0. The Morgan fingerprint density at radius 2 is 2.06 bits per heavy atom. The Hall–Kier alpha value is -1.30. The van der Waals surface area contributed by atoms with Crippen molar-refractivity contribution in [3.8, 4) is 0 Å². The van der Waals surface area contributed by atoms with E-state index in [1.54, 1.807) is 18.2 Å². The maximum absolute atomic E-state index is 6.02. The minimum Gasteiger partial charge on any atom is -0.331 e. The van der Waals surface area contributed by atoms with Crippen LogP contribution in [0.3, 0.4) is 0 Å². The number of H-pyrrole nitrogens is 1. The maximum Gasteiger partial charge on any atom is 0.176 e. The molecule has 1 aromatic heterocycles. The highest BCUT2D eigenvalue weighted by atomic mass is 35.5. The van der Waals surface area contributed by atoms with Crippen LogP contribution in [0.25, 0.3) is 0 Å². The lowest BCUT2D eigenvalue weighted by Gasteiger charge is -2.10. The van der Waals surface area contributed by atoms with Gasteiger partial charge in [0.15, 0.2) is 10.9 Å². The topological polar surface area (TPSA) is 52.7 Å². The van der Waals surface area contributed by atoms with E-state index < -0.39 is 0 Å². The Kier molecular flexibility index (Phi) is 4.06. The number of aryl methyl sites for hydroxylation is 1. The van der Waals surface area contributed by atoms with Crippen molar-refractivity contribution in [2.45, 2.75) is 6.92 Å². The highest BCUT2D eigenvalue weighted by Gasteiger charge is 2.05. The number of aromatic nitrogens is 2. The van der Waals surface area contributed by atoms with E-state index in [9.17, 15) is 0 Å². The molecule has 3 N–H and O–H groups in total. The van der Waals surface area contributed by atoms with Crippen LogP contribution in [-0.2, 0) is 0 Å². The molecule has 94 valence electrons. The minimum atomic E-state index is 0.394. The Morgan fingerprint density at radius 1 is 1.28 bits per heavy atom. The molecule has 0 saturated carbocycles. The SMILES string of the molecule is Cc1cc(NC(=S)Nc2cc(Cl)ccc2Cl)n[nH]1. The first-order valence-corrected chi connectivity index (χ1v) is 6.26. The van der Waals surface area contributed by atoms with Crippen LogP contribution in [0.5, 0.6) is 0 Å². The van der Waals surface area contributed by atoms with Crippen LogP contribution in [0.4, 0.5) is 11.5 Å². The molecule has 1 aromatic carbocycles. The molecule has 0 unspecified atom stereocenters. The van der Waals surface area contributed by atoms with Gasteiger partial charge in [0.25, 0.3) is 0 Å². The summed E-state index contributed by atoms with van der Waals surface area (Å²) in [6.45, 7) is 1.91. The molecule has 1 heterocycles. The molecular formula is C11H10Cl2N4S. The maximum atomic E-state index is 6.02. The van der Waals surface area contributed by atoms with Gasteiger partial charge in [-0.3, -0.25) is 5.10 Å². The Bertz CT molecular complexity index is 582. The number of hydrogen-bond donors (Lipinski definition) is 3. The van der Waals surface area contributed by atoms with Gasteiger partial charge in [0.1, 0.15) is 0 Å². The summed E-state index contributed by atoms with van der Waals surface area (Å²) in [6, 6.07) is 6.96. The first-order chi connectivity index (χ1) is 8.54. The predicted molar refractivity (Wildman–Crippen MR) is 79.6 cm³/mol. The Labute approximate surface area is 120 Å². The van der Waals surface area contributed by atoms with Gasteiger partial charge < -0.3 is 10.6 Å². The Balaban J connectivity index is 2.05. The third kappa shape index (κ3) is 3.35. The fourth-order valence-corrected chi connectivity index (χ4v) is 1.90. The highest BCUT2D eigenvalue weighted by molar-refractivity contribution is 7.80. The normalized spacial score (nSPS) is 10.2. The standard InChI is InChI=1S/C11H10Cl2N4S/c1-6-4-10(17-16-6)15-11(18)14-9-5-7(12)2-3-8(9)13/h2-5H,1H3,(H3,14,15,16,17,18). The van der Waals surface area contributed by atoms with Gasteiger partial charge in [-0.05, 0) is 37.3 Å². The van der Waals surface area contributed by atoms with E-state index in [0.717, 1.165) is 5.69 Å². The van der Waals surface area contributed by atoms with E-state index in [-0.39, 0.29) is 0 Å². The zero-order chi connectivity index (χ0) is 13.1. The Morgan fingerprint density at radius 3 is 2.72 bits per heavy atom. The first-order valence-electron chi connectivity index (χ1n) is 5.09. The van der Waals surface area contributed by atoms with Gasteiger partial charge in [0.2, 0.25) is 0 Å². The van der Waals surface area contributed by atoms with Crippen LogP contribution >= 0.6 is 35.4 Å². The fourth-order valence-electron chi connectivity index (χ4n) is 1.35. The van der Waals surface area contributed by atoms with E-state index in [4.69, 9.17) is 35.4 Å². The molecule has 0 atom stereocenters. The van der Waals surface area contributed by atoms with Crippen LogP contribution in [0.2, 0.25) is 10.0 Å². The third-order valence-corrected chi connectivity index (χ3v) is 2.89. The van der Waals surface area contributed by atoms with Crippen molar-refractivity contribution in [1.29, 1.82) is 0 Å². The fraction of sp³-hybridized carbons (Fsp3) is 0.0909. The molecule has 7 heteroatoms. The van der Waals surface area contributed by atoms with E-state index in [1.807, 2.05) is 13.0 Å². The van der Waals surface area contributed by atoms with Crippen LogP contribution in [0.1, 0.15) is 5.69 Å². The lowest BCUT2D eigenvalue weighted by molar-refractivity contribution is 1.05. The van der Waals surface area contributed by atoms with Gasteiger partial charge in [-0.2, -0.15) is 5.10 Å². The predicted octanol–water partition coefficient (Wildman–Crippen LogP) is 3.83.